The third kappa shape index (κ3) is 7.88. The summed E-state index contributed by atoms with van der Waals surface area (Å²) in [7, 11) is 5.18. The second kappa shape index (κ2) is 15.5. The molecule has 1 fully saturated rings. The number of carbonyl (C=O) groups is 3. The van der Waals surface area contributed by atoms with Crippen LogP contribution >= 0.6 is 0 Å². The van der Waals surface area contributed by atoms with E-state index in [1.54, 1.807) is 19.2 Å². The summed E-state index contributed by atoms with van der Waals surface area (Å²) in [5.74, 6) is 0.803. The Balaban J connectivity index is 1.32. The van der Waals surface area contributed by atoms with Crippen molar-refractivity contribution in [2.24, 2.45) is 5.73 Å². The second-order valence-corrected chi connectivity index (χ2v) is 13.1. The minimum Gasteiger partial charge on any atom is -0.495 e. The largest absolute Gasteiger partial charge is 0.495 e. The van der Waals surface area contributed by atoms with E-state index in [1.807, 2.05) is 48.2 Å². The number of unbranched alkanes of at least 4 members (excludes halogenated alkanes) is 2. The van der Waals surface area contributed by atoms with Gasteiger partial charge in [0, 0.05) is 56.7 Å². The lowest BCUT2D eigenvalue weighted by Crippen LogP contribution is -2.47. The molecule has 4 aromatic rings. The fraction of sp³-hybridized carbons (Fsp3) is 0.421. The van der Waals surface area contributed by atoms with Crippen molar-refractivity contribution >= 4 is 34.4 Å². The van der Waals surface area contributed by atoms with Crippen LogP contribution in [0.3, 0.4) is 0 Å². The Bertz CT molecular complexity index is 1820. The molecule has 0 atom stereocenters. The van der Waals surface area contributed by atoms with E-state index >= 15 is 0 Å². The molecule has 2 heterocycles. The molecule has 3 aromatic carbocycles. The van der Waals surface area contributed by atoms with Gasteiger partial charge < -0.3 is 34.9 Å². The number of carbonyl (C=O) groups excluding carboxylic acids is 3. The third-order valence-electron chi connectivity index (χ3n) is 9.14. The molecular weight excluding hydrogens is 620 g/mol. The highest BCUT2D eigenvalue weighted by molar-refractivity contribution is 6.15. The van der Waals surface area contributed by atoms with Crippen LogP contribution in [-0.2, 0) is 4.79 Å². The number of methoxy groups -OCH3 is 1. The van der Waals surface area contributed by atoms with Crippen LogP contribution in [0.1, 0.15) is 77.6 Å². The number of nitrogens with zero attached hydrogens (tertiary/aromatic N) is 4. The lowest BCUT2D eigenvalue weighted by Gasteiger charge is -2.32. The van der Waals surface area contributed by atoms with E-state index in [-0.39, 0.29) is 28.7 Å². The number of nitrogens with two attached hydrogens (primary N) is 1. The summed E-state index contributed by atoms with van der Waals surface area (Å²) in [4.78, 5) is 53.5. The molecule has 0 saturated carbocycles. The molecule has 1 saturated heterocycles. The van der Waals surface area contributed by atoms with Crippen molar-refractivity contribution < 1.29 is 23.9 Å². The van der Waals surface area contributed by atoms with Crippen molar-refractivity contribution in [2.75, 3.05) is 58.9 Å². The van der Waals surface area contributed by atoms with Crippen molar-refractivity contribution in [1.82, 2.24) is 19.8 Å². The normalized spacial score (nSPS) is 13.6. The first-order valence-corrected chi connectivity index (χ1v) is 17.0. The molecule has 0 radical (unpaired) electrons. The second-order valence-electron chi connectivity index (χ2n) is 13.1. The number of hydrogen-bond donors (Lipinski definition) is 2. The smallest absolute Gasteiger partial charge is 0.259 e. The van der Waals surface area contributed by atoms with Crippen molar-refractivity contribution in [3.8, 4) is 22.6 Å². The lowest BCUT2D eigenvalue weighted by atomic mass is 9.95. The van der Waals surface area contributed by atoms with Gasteiger partial charge in [0.15, 0.2) is 0 Å². The van der Waals surface area contributed by atoms with Crippen molar-refractivity contribution in [1.29, 1.82) is 0 Å². The zero-order chi connectivity index (χ0) is 35.2. The van der Waals surface area contributed by atoms with Gasteiger partial charge in [0.2, 0.25) is 5.91 Å². The van der Waals surface area contributed by atoms with E-state index in [1.165, 1.54) is 12.0 Å². The maximum Gasteiger partial charge on any atom is 0.259 e. The molecule has 1 aliphatic heterocycles. The first kappa shape index (κ1) is 35.4. The van der Waals surface area contributed by atoms with E-state index in [0.29, 0.717) is 30.0 Å². The first-order valence-electron chi connectivity index (χ1n) is 17.0. The molecule has 0 spiro atoms. The Labute approximate surface area is 288 Å². The molecule has 11 nitrogen and oxygen atoms in total. The van der Waals surface area contributed by atoms with Crippen LogP contribution in [0.4, 0.5) is 5.69 Å². The Morgan fingerprint density at radius 3 is 2.45 bits per heavy atom. The summed E-state index contributed by atoms with van der Waals surface area (Å²) >= 11 is 0. The molecule has 0 bridgehead atoms. The number of amides is 3. The number of fused-ring (bicyclic) bond motifs is 1. The summed E-state index contributed by atoms with van der Waals surface area (Å²) in [6.07, 6.45) is 2.97. The monoisotopic (exact) mass is 668 g/mol. The molecule has 5 rings (SSSR count). The number of nitrogens with one attached hydrogen (secondary N) is 1. The van der Waals surface area contributed by atoms with Gasteiger partial charge in [-0.25, -0.2) is 4.98 Å². The van der Waals surface area contributed by atoms with Crippen molar-refractivity contribution in [3.05, 3.63) is 71.0 Å². The first-order chi connectivity index (χ1) is 23.5. The van der Waals surface area contributed by atoms with E-state index in [9.17, 15) is 14.4 Å². The van der Waals surface area contributed by atoms with Gasteiger partial charge in [-0.3, -0.25) is 14.4 Å². The minimum absolute atomic E-state index is 0.00540. The zero-order valence-corrected chi connectivity index (χ0v) is 29.5. The molecule has 0 unspecified atom stereocenters. The Kier molecular flexibility index (Phi) is 11.2. The average Bonchev–Trinajstić information content (AvgIpc) is 3.54. The van der Waals surface area contributed by atoms with E-state index in [4.69, 9.17) is 20.2 Å². The number of rotatable bonds is 13. The van der Waals surface area contributed by atoms with Gasteiger partial charge in [0.25, 0.3) is 11.8 Å². The number of imidazole rings is 1. The number of aromatic amines is 1. The van der Waals surface area contributed by atoms with Gasteiger partial charge in [-0.2, -0.15) is 0 Å². The molecule has 11 heteroatoms. The van der Waals surface area contributed by atoms with E-state index in [0.717, 1.165) is 73.4 Å². The topological polar surface area (TPSA) is 134 Å². The van der Waals surface area contributed by atoms with Crippen molar-refractivity contribution in [2.45, 2.75) is 52.4 Å². The molecule has 0 aliphatic carbocycles. The summed E-state index contributed by atoms with van der Waals surface area (Å²) < 4.78 is 12.0. The Morgan fingerprint density at radius 2 is 1.76 bits per heavy atom. The quantitative estimate of drug-likeness (QED) is 0.173. The number of H-pyrrole nitrogens is 1. The zero-order valence-electron chi connectivity index (χ0n) is 29.5. The Morgan fingerprint density at radius 1 is 1.00 bits per heavy atom. The van der Waals surface area contributed by atoms with Gasteiger partial charge >= 0.3 is 0 Å². The maximum atomic E-state index is 14.1. The van der Waals surface area contributed by atoms with Crippen LogP contribution in [0.25, 0.3) is 22.2 Å². The number of anilines is 1. The van der Waals surface area contributed by atoms with E-state index < -0.39 is 11.8 Å². The summed E-state index contributed by atoms with van der Waals surface area (Å²) in [5.41, 5.74) is 10.5. The standard InChI is InChI=1S/C38H48N6O5/c1-24(2)37-40-29-12-10-11-26(34(29)41-37)27-15-16-28(33(36(39)46)35(27)48-6)38(47)43(5)30-17-14-25(3)23-31(30)49-22-9-7-8-13-32(45)44-20-18-42(4)19-21-44/h10-12,14-17,23-24H,7-9,13,18-22H2,1-6H3,(H2,39,46)(H,40,41). The lowest BCUT2D eigenvalue weighted by molar-refractivity contribution is -0.132. The number of hydrogen-bond acceptors (Lipinski definition) is 7. The molecule has 1 aliphatic rings. The Hall–Kier alpha value is -4.90. The minimum atomic E-state index is -0.779. The number of aryl methyl sites for hydroxylation is 1. The maximum absolute atomic E-state index is 14.1. The predicted octanol–water partition coefficient (Wildman–Crippen LogP) is 5.76. The summed E-state index contributed by atoms with van der Waals surface area (Å²) in [6, 6.07) is 14.8. The van der Waals surface area contributed by atoms with E-state index in [2.05, 4.69) is 30.8 Å². The van der Waals surface area contributed by atoms with Crippen LogP contribution < -0.4 is 20.1 Å². The van der Waals surface area contributed by atoms with Gasteiger partial charge in [-0.15, -0.1) is 0 Å². The summed E-state index contributed by atoms with van der Waals surface area (Å²) in [5, 5.41) is 0. The molecule has 3 amide bonds. The van der Waals surface area contributed by atoms with Crippen LogP contribution in [-0.4, -0.2) is 91.5 Å². The van der Waals surface area contributed by atoms with Crippen LogP contribution in [0.5, 0.6) is 11.5 Å². The van der Waals surface area contributed by atoms with Gasteiger partial charge in [-0.05, 0) is 69.1 Å². The molecule has 3 N–H and O–H groups in total. The highest BCUT2D eigenvalue weighted by Gasteiger charge is 2.28. The number of aromatic nitrogens is 2. The molecule has 260 valence electrons. The fourth-order valence-corrected chi connectivity index (χ4v) is 6.23. The molecule has 1 aromatic heterocycles. The third-order valence-corrected chi connectivity index (χ3v) is 9.14. The van der Waals surface area contributed by atoms with Crippen LogP contribution in [0.15, 0.2) is 48.5 Å². The SMILES string of the molecule is COc1c(-c2cccc3[nH]c(C(C)C)nc23)ccc(C(=O)N(C)c2ccc(C)cc2OCCCCCC(=O)N2CCN(C)CC2)c1C(N)=O. The van der Waals surface area contributed by atoms with Gasteiger partial charge in [0.05, 0.1) is 41.6 Å². The van der Waals surface area contributed by atoms with Crippen LogP contribution in [0, 0.1) is 6.92 Å². The average molecular weight is 669 g/mol. The number of likely N-dealkylation sites (N-methyl/N-ethyl adjacent to an activating group) is 1. The molecular formula is C38H48N6O5. The predicted molar refractivity (Wildman–Crippen MR) is 193 cm³/mol. The number of benzene rings is 3. The highest BCUT2D eigenvalue weighted by atomic mass is 16.5. The highest BCUT2D eigenvalue weighted by Crippen LogP contribution is 2.39. The number of ether oxygens (including phenoxy) is 2. The summed E-state index contributed by atoms with van der Waals surface area (Å²) in [6.45, 7) is 9.93. The fourth-order valence-electron chi connectivity index (χ4n) is 6.23. The number of piperazine rings is 1. The van der Waals surface area contributed by atoms with Gasteiger partial charge in [-0.1, -0.05) is 32.0 Å². The number of para-hydroxylation sites is 1. The molecule has 49 heavy (non-hydrogen) atoms. The van der Waals surface area contributed by atoms with Gasteiger partial charge in [0.1, 0.15) is 17.3 Å². The number of primary amides is 1. The van der Waals surface area contributed by atoms with Crippen molar-refractivity contribution in [3.63, 3.8) is 0 Å². The van der Waals surface area contributed by atoms with Crippen LogP contribution in [0.2, 0.25) is 0 Å².